The summed E-state index contributed by atoms with van der Waals surface area (Å²) < 4.78 is 18.1. The van der Waals surface area contributed by atoms with Gasteiger partial charge in [-0.2, -0.15) is 0 Å². The first kappa shape index (κ1) is 15.3. The molecule has 3 fully saturated rings. The highest BCUT2D eigenvalue weighted by Crippen LogP contribution is 2.77. The highest BCUT2D eigenvalue weighted by Gasteiger charge is 2.84. The average molecular weight is 296 g/mol. The van der Waals surface area contributed by atoms with Crippen LogP contribution in [0, 0.1) is 16.7 Å². The minimum Gasteiger partial charge on any atom is -0.465 e. The molecule has 0 aromatic rings. The van der Waals surface area contributed by atoms with Crippen molar-refractivity contribution in [1.82, 2.24) is 0 Å². The maximum Gasteiger partial charge on any atom is 0.318 e. The third-order valence-electron chi connectivity index (χ3n) is 6.31. The minimum absolute atomic E-state index is 0.0765. The third kappa shape index (κ3) is 1.56. The standard InChI is InChI=1S/C17H28O4/c1-6-19-13(18)17-12-8-9-15(17,5)10-11-16(17,20-7-2)21-14(12,3)4/h12H,6-11H2,1-5H3/t12-,15+,16-,17-/m1/s1. The van der Waals surface area contributed by atoms with Gasteiger partial charge in [-0.05, 0) is 52.4 Å². The van der Waals surface area contributed by atoms with E-state index in [1.54, 1.807) is 0 Å². The molecule has 0 aromatic carbocycles. The Bertz CT molecular complexity index is 460. The molecule has 2 aliphatic carbocycles. The van der Waals surface area contributed by atoms with Crippen molar-refractivity contribution in [1.29, 1.82) is 0 Å². The summed E-state index contributed by atoms with van der Waals surface area (Å²) >= 11 is 0. The number of carbonyl (C=O) groups excluding carboxylic acids is 1. The molecule has 21 heavy (non-hydrogen) atoms. The molecule has 1 saturated heterocycles. The Balaban J connectivity index is 2.18. The van der Waals surface area contributed by atoms with E-state index < -0.39 is 11.2 Å². The number of hydrogen-bond acceptors (Lipinski definition) is 4. The monoisotopic (exact) mass is 296 g/mol. The van der Waals surface area contributed by atoms with E-state index in [0.29, 0.717) is 13.2 Å². The molecule has 1 aliphatic heterocycles. The number of carbonyl (C=O) groups is 1. The van der Waals surface area contributed by atoms with Crippen molar-refractivity contribution in [3.63, 3.8) is 0 Å². The fraction of sp³-hybridized carbons (Fsp3) is 0.941. The van der Waals surface area contributed by atoms with E-state index in [9.17, 15) is 4.79 Å². The molecule has 120 valence electrons. The van der Waals surface area contributed by atoms with Crippen LogP contribution >= 0.6 is 0 Å². The van der Waals surface area contributed by atoms with Crippen LogP contribution in [-0.2, 0) is 19.0 Å². The van der Waals surface area contributed by atoms with Crippen LogP contribution in [0.15, 0.2) is 0 Å². The molecule has 0 bridgehead atoms. The van der Waals surface area contributed by atoms with Crippen LogP contribution in [0.1, 0.15) is 60.3 Å². The Labute approximate surface area is 127 Å². The quantitative estimate of drug-likeness (QED) is 0.747. The molecule has 4 nitrogen and oxygen atoms in total. The van der Waals surface area contributed by atoms with Gasteiger partial charge >= 0.3 is 5.97 Å². The Morgan fingerprint density at radius 3 is 2.48 bits per heavy atom. The van der Waals surface area contributed by atoms with Gasteiger partial charge in [0.05, 0.1) is 12.2 Å². The third-order valence-corrected chi connectivity index (χ3v) is 6.31. The van der Waals surface area contributed by atoms with Gasteiger partial charge in [-0.3, -0.25) is 4.79 Å². The molecule has 3 aliphatic rings. The lowest BCUT2D eigenvalue weighted by molar-refractivity contribution is -0.277. The zero-order valence-corrected chi connectivity index (χ0v) is 14.0. The molecule has 0 spiro atoms. The van der Waals surface area contributed by atoms with Gasteiger partial charge in [0.1, 0.15) is 5.41 Å². The van der Waals surface area contributed by atoms with E-state index in [4.69, 9.17) is 14.2 Å². The highest BCUT2D eigenvalue weighted by molar-refractivity contribution is 5.82. The second-order valence-electron chi connectivity index (χ2n) is 7.57. The van der Waals surface area contributed by atoms with Crippen molar-refractivity contribution >= 4 is 5.97 Å². The molecule has 0 N–H and O–H groups in total. The highest BCUT2D eigenvalue weighted by atomic mass is 16.7. The van der Waals surface area contributed by atoms with Gasteiger partial charge in [0.25, 0.3) is 0 Å². The van der Waals surface area contributed by atoms with Gasteiger partial charge in [0.2, 0.25) is 0 Å². The molecule has 0 radical (unpaired) electrons. The first-order chi connectivity index (χ1) is 9.80. The summed E-state index contributed by atoms with van der Waals surface area (Å²) in [4.78, 5) is 13.1. The van der Waals surface area contributed by atoms with Gasteiger partial charge in [-0.1, -0.05) is 6.92 Å². The number of ether oxygens (including phenoxy) is 3. The van der Waals surface area contributed by atoms with E-state index >= 15 is 0 Å². The van der Waals surface area contributed by atoms with Gasteiger partial charge in [-0.15, -0.1) is 0 Å². The fourth-order valence-corrected chi connectivity index (χ4v) is 5.72. The van der Waals surface area contributed by atoms with E-state index in [1.807, 2.05) is 13.8 Å². The Morgan fingerprint density at radius 2 is 1.86 bits per heavy atom. The van der Waals surface area contributed by atoms with E-state index in [2.05, 4.69) is 20.8 Å². The predicted molar refractivity (Wildman–Crippen MR) is 78.7 cm³/mol. The molecule has 0 aromatic heterocycles. The minimum atomic E-state index is -0.798. The SMILES string of the molecule is CCOC(=O)[C@]12[C@@H]3CC[C@@]1(C)CC[C@@]2(OCC)OC3(C)C. The summed E-state index contributed by atoms with van der Waals surface area (Å²) in [5.41, 5.74) is -1.07. The summed E-state index contributed by atoms with van der Waals surface area (Å²) in [7, 11) is 0. The average Bonchev–Trinajstić information content (AvgIpc) is 2.90. The number of hydrogen-bond donors (Lipinski definition) is 0. The summed E-state index contributed by atoms with van der Waals surface area (Å²) in [5.74, 6) is -0.734. The Morgan fingerprint density at radius 1 is 1.14 bits per heavy atom. The Hall–Kier alpha value is -0.610. The molecule has 0 unspecified atom stereocenters. The molecule has 4 atom stereocenters. The Kier molecular flexibility index (Phi) is 3.24. The lowest BCUT2D eigenvalue weighted by atomic mass is 9.61. The normalized spacial score (nSPS) is 46.6. The fourth-order valence-electron chi connectivity index (χ4n) is 5.72. The maximum atomic E-state index is 13.1. The molecule has 0 amide bonds. The number of rotatable bonds is 4. The lowest BCUT2D eigenvalue weighted by Gasteiger charge is -2.43. The van der Waals surface area contributed by atoms with Crippen molar-refractivity contribution in [2.45, 2.75) is 71.7 Å². The number of esters is 1. The molecule has 3 rings (SSSR count). The van der Waals surface area contributed by atoms with Crippen molar-refractivity contribution in [2.75, 3.05) is 13.2 Å². The first-order valence-corrected chi connectivity index (χ1v) is 8.31. The zero-order chi connectivity index (χ0) is 15.5. The van der Waals surface area contributed by atoms with Crippen LogP contribution in [0.2, 0.25) is 0 Å². The predicted octanol–water partition coefficient (Wildman–Crippen LogP) is 3.29. The summed E-state index contributed by atoms with van der Waals surface area (Å²) in [6.07, 6.45) is 3.82. The zero-order valence-electron chi connectivity index (χ0n) is 14.0. The van der Waals surface area contributed by atoms with Crippen LogP contribution in [0.4, 0.5) is 0 Å². The van der Waals surface area contributed by atoms with Gasteiger partial charge in [0, 0.05) is 18.9 Å². The maximum absolute atomic E-state index is 13.1. The summed E-state index contributed by atoms with van der Waals surface area (Å²) in [6.45, 7) is 11.2. The molecule has 2 saturated carbocycles. The van der Waals surface area contributed by atoms with Crippen LogP contribution in [0.25, 0.3) is 0 Å². The van der Waals surface area contributed by atoms with Crippen molar-refractivity contribution in [3.8, 4) is 0 Å². The van der Waals surface area contributed by atoms with Crippen molar-refractivity contribution in [3.05, 3.63) is 0 Å². The first-order valence-electron chi connectivity index (χ1n) is 8.31. The summed E-state index contributed by atoms with van der Waals surface area (Å²) in [5, 5.41) is 0. The van der Waals surface area contributed by atoms with Gasteiger partial charge < -0.3 is 14.2 Å². The molecular formula is C17H28O4. The molecule has 1 heterocycles. The molecular weight excluding hydrogens is 268 g/mol. The van der Waals surface area contributed by atoms with E-state index in [1.165, 1.54) is 0 Å². The van der Waals surface area contributed by atoms with E-state index in [-0.39, 0.29) is 22.9 Å². The van der Waals surface area contributed by atoms with Crippen LogP contribution in [0.3, 0.4) is 0 Å². The van der Waals surface area contributed by atoms with Gasteiger partial charge in [0.15, 0.2) is 5.79 Å². The lowest BCUT2D eigenvalue weighted by Crippen LogP contribution is -2.56. The van der Waals surface area contributed by atoms with Crippen molar-refractivity contribution in [2.24, 2.45) is 16.7 Å². The topological polar surface area (TPSA) is 44.8 Å². The van der Waals surface area contributed by atoms with Crippen molar-refractivity contribution < 1.29 is 19.0 Å². The molecule has 4 heteroatoms. The van der Waals surface area contributed by atoms with Gasteiger partial charge in [-0.25, -0.2) is 0 Å². The second-order valence-corrected chi connectivity index (χ2v) is 7.57. The van der Waals surface area contributed by atoms with E-state index in [0.717, 1.165) is 25.7 Å². The van der Waals surface area contributed by atoms with Crippen LogP contribution in [0.5, 0.6) is 0 Å². The van der Waals surface area contributed by atoms with Crippen LogP contribution in [-0.4, -0.2) is 30.6 Å². The largest absolute Gasteiger partial charge is 0.465 e. The van der Waals surface area contributed by atoms with Crippen LogP contribution < -0.4 is 0 Å². The smallest absolute Gasteiger partial charge is 0.318 e. The summed E-state index contributed by atoms with van der Waals surface area (Å²) in [6, 6.07) is 0. The second kappa shape index (κ2) is 4.45.